The summed E-state index contributed by atoms with van der Waals surface area (Å²) in [5.41, 5.74) is 4.58. The zero-order valence-electron chi connectivity index (χ0n) is 26.2. The molecule has 1 amide bonds. The molecule has 3 heterocycles. The van der Waals surface area contributed by atoms with Crippen molar-refractivity contribution in [2.24, 2.45) is 5.92 Å². The number of fused-ring (bicyclic) bond motifs is 2. The molecule has 1 unspecified atom stereocenters. The standard InChI is InChI=1S/C35H43N7O2/c1-5-32(43)42-19-18-41(22-28(42)14-16-36)34-29-15-17-40(31-11-7-10-27-9-6-8-24(2)33(27)31)23-30(29)37-35(38-34)44-25(3)20-39(4)21-26-12-13-26/h5-11,25-26,28H,1,12-15,17-23H2,2-4H3/t25-,28?/m1/s1. The number of nitriles is 1. The quantitative estimate of drug-likeness (QED) is 0.312. The average molecular weight is 594 g/mol. The van der Waals surface area contributed by atoms with E-state index in [9.17, 15) is 10.1 Å². The van der Waals surface area contributed by atoms with Crippen molar-refractivity contribution in [2.45, 2.75) is 58.2 Å². The van der Waals surface area contributed by atoms with E-state index in [0.717, 1.165) is 49.0 Å². The van der Waals surface area contributed by atoms with Crippen LogP contribution in [0.1, 0.15) is 43.0 Å². The lowest BCUT2D eigenvalue weighted by Gasteiger charge is -2.42. The highest BCUT2D eigenvalue weighted by molar-refractivity contribution is 5.97. The maximum atomic E-state index is 12.6. The van der Waals surface area contributed by atoms with Crippen LogP contribution in [-0.2, 0) is 17.8 Å². The first-order valence-corrected chi connectivity index (χ1v) is 15.9. The van der Waals surface area contributed by atoms with E-state index >= 15 is 0 Å². The molecule has 3 aliphatic rings. The molecule has 3 aromatic rings. The number of likely N-dealkylation sites (N-methyl/N-ethyl adjacent to an activating group) is 1. The van der Waals surface area contributed by atoms with Crippen LogP contribution < -0.4 is 14.5 Å². The van der Waals surface area contributed by atoms with Gasteiger partial charge < -0.3 is 24.3 Å². The summed E-state index contributed by atoms with van der Waals surface area (Å²) in [4.78, 5) is 31.4. The van der Waals surface area contributed by atoms with Gasteiger partial charge in [-0.25, -0.2) is 0 Å². The zero-order chi connectivity index (χ0) is 30.8. The molecule has 0 bridgehead atoms. The van der Waals surface area contributed by atoms with Crippen molar-refractivity contribution in [3.63, 3.8) is 0 Å². The Morgan fingerprint density at radius 2 is 1.98 bits per heavy atom. The Morgan fingerprint density at radius 1 is 1.18 bits per heavy atom. The molecule has 0 spiro atoms. The van der Waals surface area contributed by atoms with E-state index in [-0.39, 0.29) is 24.5 Å². The predicted molar refractivity (Wildman–Crippen MR) is 174 cm³/mol. The van der Waals surface area contributed by atoms with Crippen molar-refractivity contribution in [3.8, 4) is 12.1 Å². The molecular weight excluding hydrogens is 550 g/mol. The van der Waals surface area contributed by atoms with E-state index in [1.54, 1.807) is 4.90 Å². The van der Waals surface area contributed by atoms with Crippen LogP contribution in [0.25, 0.3) is 10.8 Å². The Morgan fingerprint density at radius 3 is 2.73 bits per heavy atom. The third-order valence-corrected chi connectivity index (χ3v) is 9.16. The number of carbonyl (C=O) groups is 1. The van der Waals surface area contributed by atoms with Crippen LogP contribution >= 0.6 is 0 Å². The van der Waals surface area contributed by atoms with Crippen LogP contribution in [0.15, 0.2) is 49.1 Å². The lowest BCUT2D eigenvalue weighted by molar-refractivity contribution is -0.128. The minimum atomic E-state index is -0.233. The lowest BCUT2D eigenvalue weighted by atomic mass is 9.99. The molecule has 44 heavy (non-hydrogen) atoms. The van der Waals surface area contributed by atoms with Crippen molar-refractivity contribution in [1.82, 2.24) is 19.8 Å². The molecule has 0 radical (unpaired) electrons. The number of ether oxygens (including phenoxy) is 1. The number of carbonyl (C=O) groups excluding carboxylic acids is 1. The van der Waals surface area contributed by atoms with Gasteiger partial charge in [0.05, 0.1) is 30.8 Å². The highest BCUT2D eigenvalue weighted by Gasteiger charge is 2.33. The number of hydrogen-bond acceptors (Lipinski definition) is 8. The zero-order valence-corrected chi connectivity index (χ0v) is 26.2. The number of amides is 1. The van der Waals surface area contributed by atoms with Gasteiger partial charge in [0.15, 0.2) is 0 Å². The van der Waals surface area contributed by atoms with Gasteiger partial charge in [-0.2, -0.15) is 15.2 Å². The first-order valence-electron chi connectivity index (χ1n) is 15.9. The number of piperazine rings is 1. The summed E-state index contributed by atoms with van der Waals surface area (Å²) in [6, 6.07) is 15.4. The molecule has 6 rings (SSSR count). The molecule has 2 atom stereocenters. The fraction of sp³-hybridized carbons (Fsp3) is 0.486. The van der Waals surface area contributed by atoms with Gasteiger partial charge in [0, 0.05) is 55.9 Å². The topological polar surface area (TPSA) is 88.8 Å². The SMILES string of the molecule is C=CC(=O)N1CCN(c2nc(O[C@H](C)CN(C)CC3CC3)nc3c2CCN(c2cccc4cccc(C)c24)C3)CC1CC#N. The molecule has 2 aliphatic heterocycles. The molecule has 1 saturated carbocycles. The van der Waals surface area contributed by atoms with Gasteiger partial charge in [0.25, 0.3) is 0 Å². The summed E-state index contributed by atoms with van der Waals surface area (Å²) in [6.07, 6.45) is 4.96. The van der Waals surface area contributed by atoms with Crippen LogP contribution in [0.4, 0.5) is 11.5 Å². The fourth-order valence-electron chi connectivity index (χ4n) is 6.88. The Balaban J connectivity index is 1.32. The first kappa shape index (κ1) is 29.9. The number of anilines is 2. The van der Waals surface area contributed by atoms with Crippen LogP contribution in [0, 0.1) is 24.2 Å². The second-order valence-electron chi connectivity index (χ2n) is 12.7. The number of aromatic nitrogens is 2. The van der Waals surface area contributed by atoms with Gasteiger partial charge in [-0.1, -0.05) is 36.9 Å². The summed E-state index contributed by atoms with van der Waals surface area (Å²) in [7, 11) is 2.15. The van der Waals surface area contributed by atoms with Gasteiger partial charge in [0.2, 0.25) is 5.91 Å². The van der Waals surface area contributed by atoms with Crippen molar-refractivity contribution >= 4 is 28.2 Å². The molecule has 230 valence electrons. The molecular formula is C35H43N7O2. The summed E-state index contributed by atoms with van der Waals surface area (Å²) < 4.78 is 6.43. The fourth-order valence-corrected chi connectivity index (χ4v) is 6.88. The van der Waals surface area contributed by atoms with Crippen LogP contribution in [-0.4, -0.2) is 84.1 Å². The summed E-state index contributed by atoms with van der Waals surface area (Å²) in [5.74, 6) is 1.55. The minimum Gasteiger partial charge on any atom is -0.459 e. The highest BCUT2D eigenvalue weighted by atomic mass is 16.5. The molecule has 9 nitrogen and oxygen atoms in total. The summed E-state index contributed by atoms with van der Waals surface area (Å²) >= 11 is 0. The van der Waals surface area contributed by atoms with Crippen LogP contribution in [0.3, 0.4) is 0 Å². The predicted octanol–water partition coefficient (Wildman–Crippen LogP) is 4.73. The lowest BCUT2D eigenvalue weighted by Crippen LogP contribution is -2.55. The molecule has 1 aliphatic carbocycles. The summed E-state index contributed by atoms with van der Waals surface area (Å²) in [5, 5.41) is 12.1. The van der Waals surface area contributed by atoms with E-state index in [1.165, 1.54) is 40.9 Å². The van der Waals surface area contributed by atoms with Crippen molar-refractivity contribution in [1.29, 1.82) is 5.26 Å². The normalized spacial score (nSPS) is 19.1. The number of nitrogens with zero attached hydrogens (tertiary/aromatic N) is 7. The van der Waals surface area contributed by atoms with Crippen LogP contribution in [0.5, 0.6) is 6.01 Å². The molecule has 2 aromatic carbocycles. The Labute approximate surface area is 260 Å². The number of hydrogen-bond donors (Lipinski definition) is 0. The smallest absolute Gasteiger partial charge is 0.318 e. The first-order chi connectivity index (χ1) is 21.3. The Hall–Kier alpha value is -4.16. The van der Waals surface area contributed by atoms with E-state index in [4.69, 9.17) is 14.7 Å². The maximum Gasteiger partial charge on any atom is 0.318 e. The van der Waals surface area contributed by atoms with E-state index in [0.29, 0.717) is 32.2 Å². The second kappa shape index (κ2) is 12.8. The molecule has 2 fully saturated rings. The van der Waals surface area contributed by atoms with Crippen LogP contribution in [0.2, 0.25) is 0 Å². The van der Waals surface area contributed by atoms with Crippen molar-refractivity contribution in [2.75, 3.05) is 56.1 Å². The van der Waals surface area contributed by atoms with Gasteiger partial charge in [0.1, 0.15) is 11.9 Å². The molecule has 1 saturated heterocycles. The van der Waals surface area contributed by atoms with E-state index < -0.39 is 0 Å². The van der Waals surface area contributed by atoms with Crippen molar-refractivity contribution < 1.29 is 9.53 Å². The highest BCUT2D eigenvalue weighted by Crippen LogP contribution is 2.36. The minimum absolute atomic E-state index is 0.0709. The Kier molecular flexibility index (Phi) is 8.72. The monoisotopic (exact) mass is 593 g/mol. The van der Waals surface area contributed by atoms with Gasteiger partial charge in [-0.3, -0.25) is 4.79 Å². The van der Waals surface area contributed by atoms with Gasteiger partial charge >= 0.3 is 6.01 Å². The number of benzene rings is 2. The second-order valence-corrected chi connectivity index (χ2v) is 12.7. The molecule has 9 heteroatoms. The third kappa shape index (κ3) is 6.36. The van der Waals surface area contributed by atoms with Gasteiger partial charge in [-0.15, -0.1) is 0 Å². The number of aryl methyl sites for hydroxylation is 1. The van der Waals surface area contributed by atoms with Crippen molar-refractivity contribution in [3.05, 3.63) is 65.9 Å². The van der Waals surface area contributed by atoms with Gasteiger partial charge in [-0.05, 0) is 69.2 Å². The molecule has 0 N–H and O–H groups in total. The largest absolute Gasteiger partial charge is 0.459 e. The average Bonchev–Trinajstić information content (AvgIpc) is 3.83. The van der Waals surface area contributed by atoms with E-state index in [1.807, 2.05) is 0 Å². The summed E-state index contributed by atoms with van der Waals surface area (Å²) in [6.45, 7) is 13.0. The third-order valence-electron chi connectivity index (χ3n) is 9.16. The molecule has 1 aromatic heterocycles. The maximum absolute atomic E-state index is 12.6. The van der Waals surface area contributed by atoms with E-state index in [2.05, 4.69) is 84.6 Å². The number of rotatable bonds is 10. The Bertz CT molecular complexity index is 1570.